The second-order valence-electron chi connectivity index (χ2n) is 6.76. The molecule has 0 aliphatic carbocycles. The Hall–Kier alpha value is -3.35. The van der Waals surface area contributed by atoms with Gasteiger partial charge in [-0.15, -0.1) is 0 Å². The molecular formula is C22H24N2O5. The summed E-state index contributed by atoms with van der Waals surface area (Å²) in [4.78, 5) is 23.6. The van der Waals surface area contributed by atoms with Gasteiger partial charge in [-0.1, -0.05) is 30.3 Å². The predicted octanol–water partition coefficient (Wildman–Crippen LogP) is 3.64. The standard InChI is InChI=1S/C22H24N2O5/c1-28-17-11-16(12-18(13-17)29-2)19-14-20(15-7-4-3-5-8-15)24(23-19)21(25)9-6-10-22(26)27/h3-5,7-8,11-13,20H,6,9-10,14H2,1-2H3,(H,26,27)/t20-/m1/s1. The Balaban J connectivity index is 1.90. The van der Waals surface area contributed by atoms with Gasteiger partial charge in [0.1, 0.15) is 11.5 Å². The van der Waals surface area contributed by atoms with Crippen LogP contribution in [0.25, 0.3) is 0 Å². The molecule has 2 aromatic rings. The minimum Gasteiger partial charge on any atom is -0.497 e. The van der Waals surface area contributed by atoms with Crippen molar-refractivity contribution in [2.75, 3.05) is 14.2 Å². The molecule has 0 aromatic heterocycles. The van der Waals surface area contributed by atoms with Crippen molar-refractivity contribution in [2.24, 2.45) is 5.10 Å². The number of nitrogens with zero attached hydrogens (tertiary/aromatic N) is 2. The molecule has 7 nitrogen and oxygen atoms in total. The Bertz CT molecular complexity index is 888. The molecule has 0 bridgehead atoms. The van der Waals surface area contributed by atoms with Crippen LogP contribution < -0.4 is 9.47 Å². The van der Waals surface area contributed by atoms with E-state index in [9.17, 15) is 9.59 Å². The predicted molar refractivity (Wildman–Crippen MR) is 108 cm³/mol. The minimum atomic E-state index is -0.911. The van der Waals surface area contributed by atoms with Gasteiger partial charge in [-0.2, -0.15) is 5.10 Å². The summed E-state index contributed by atoms with van der Waals surface area (Å²) in [5, 5.41) is 14.9. The molecule has 7 heteroatoms. The summed E-state index contributed by atoms with van der Waals surface area (Å²) in [6.45, 7) is 0. The fraction of sp³-hybridized carbons (Fsp3) is 0.318. The molecule has 1 N–H and O–H groups in total. The van der Waals surface area contributed by atoms with Crippen LogP contribution in [0.2, 0.25) is 0 Å². The molecular weight excluding hydrogens is 372 g/mol. The van der Waals surface area contributed by atoms with Crippen molar-refractivity contribution >= 4 is 17.6 Å². The lowest BCUT2D eigenvalue weighted by atomic mass is 9.98. The number of aliphatic carboxylic acids is 1. The van der Waals surface area contributed by atoms with E-state index in [2.05, 4.69) is 5.10 Å². The highest BCUT2D eigenvalue weighted by molar-refractivity contribution is 6.03. The summed E-state index contributed by atoms with van der Waals surface area (Å²) in [5.41, 5.74) is 2.55. The third-order valence-corrected chi connectivity index (χ3v) is 4.82. The minimum absolute atomic E-state index is 0.0424. The average molecular weight is 396 g/mol. The smallest absolute Gasteiger partial charge is 0.303 e. The topological polar surface area (TPSA) is 88.4 Å². The van der Waals surface area contributed by atoms with Crippen molar-refractivity contribution in [1.29, 1.82) is 0 Å². The lowest BCUT2D eigenvalue weighted by Crippen LogP contribution is -2.26. The van der Waals surface area contributed by atoms with E-state index in [1.165, 1.54) is 5.01 Å². The summed E-state index contributed by atoms with van der Waals surface area (Å²) >= 11 is 0. The van der Waals surface area contributed by atoms with E-state index >= 15 is 0 Å². The zero-order valence-electron chi connectivity index (χ0n) is 16.5. The van der Waals surface area contributed by atoms with Crippen LogP contribution >= 0.6 is 0 Å². The van der Waals surface area contributed by atoms with E-state index in [-0.39, 0.29) is 31.2 Å². The van der Waals surface area contributed by atoms with Crippen molar-refractivity contribution in [3.8, 4) is 11.5 Å². The van der Waals surface area contributed by atoms with Crippen molar-refractivity contribution < 1.29 is 24.2 Å². The number of benzene rings is 2. The van der Waals surface area contributed by atoms with Crippen LogP contribution in [0.15, 0.2) is 53.6 Å². The van der Waals surface area contributed by atoms with Crippen LogP contribution in [0.3, 0.4) is 0 Å². The molecule has 0 radical (unpaired) electrons. The molecule has 0 saturated carbocycles. The first-order valence-electron chi connectivity index (χ1n) is 9.41. The van der Waals surface area contributed by atoms with Gasteiger partial charge in [0.05, 0.1) is 26.0 Å². The van der Waals surface area contributed by atoms with Crippen molar-refractivity contribution in [2.45, 2.75) is 31.7 Å². The number of hydrogen-bond donors (Lipinski definition) is 1. The number of ether oxygens (including phenoxy) is 2. The van der Waals surface area contributed by atoms with Crippen LogP contribution in [-0.2, 0) is 9.59 Å². The summed E-state index contributed by atoms with van der Waals surface area (Å²) in [6, 6.07) is 15.0. The number of hydrogen-bond acceptors (Lipinski definition) is 5. The third-order valence-electron chi connectivity index (χ3n) is 4.82. The highest BCUT2D eigenvalue weighted by Crippen LogP contribution is 2.35. The van der Waals surface area contributed by atoms with Gasteiger partial charge in [0, 0.05) is 30.9 Å². The lowest BCUT2D eigenvalue weighted by molar-refractivity contribution is -0.137. The van der Waals surface area contributed by atoms with Gasteiger partial charge in [-0.25, -0.2) is 5.01 Å². The van der Waals surface area contributed by atoms with Crippen LogP contribution in [0, 0.1) is 0 Å². The molecule has 152 valence electrons. The molecule has 0 spiro atoms. The Morgan fingerprint density at radius 2 is 1.72 bits per heavy atom. The molecule has 0 unspecified atom stereocenters. The zero-order chi connectivity index (χ0) is 20.8. The maximum atomic E-state index is 12.8. The molecule has 0 saturated heterocycles. The number of carbonyl (C=O) groups excluding carboxylic acids is 1. The zero-order valence-corrected chi connectivity index (χ0v) is 16.5. The first-order chi connectivity index (χ1) is 14.0. The van der Waals surface area contributed by atoms with Gasteiger partial charge < -0.3 is 14.6 Å². The van der Waals surface area contributed by atoms with Gasteiger partial charge in [-0.05, 0) is 24.1 Å². The summed E-state index contributed by atoms with van der Waals surface area (Å²) in [6.07, 6.45) is 0.919. The maximum absolute atomic E-state index is 12.8. The number of carboxylic acid groups (broad SMARTS) is 1. The Labute approximate surface area is 169 Å². The van der Waals surface area contributed by atoms with Gasteiger partial charge in [0.15, 0.2) is 0 Å². The molecule has 1 atom stereocenters. The first-order valence-corrected chi connectivity index (χ1v) is 9.41. The van der Waals surface area contributed by atoms with Gasteiger partial charge in [0.25, 0.3) is 0 Å². The van der Waals surface area contributed by atoms with Crippen LogP contribution in [0.1, 0.15) is 42.9 Å². The number of hydrazone groups is 1. The number of rotatable bonds is 8. The van der Waals surface area contributed by atoms with E-state index in [1.54, 1.807) is 20.3 Å². The second-order valence-corrected chi connectivity index (χ2v) is 6.76. The molecule has 1 aliphatic heterocycles. The van der Waals surface area contributed by atoms with Crippen molar-refractivity contribution in [3.05, 3.63) is 59.7 Å². The molecule has 29 heavy (non-hydrogen) atoms. The van der Waals surface area contributed by atoms with Gasteiger partial charge in [-0.3, -0.25) is 9.59 Å². The number of amides is 1. The van der Waals surface area contributed by atoms with Crippen molar-refractivity contribution in [3.63, 3.8) is 0 Å². The first kappa shape index (κ1) is 20.4. The van der Waals surface area contributed by atoms with E-state index in [4.69, 9.17) is 14.6 Å². The summed E-state index contributed by atoms with van der Waals surface area (Å²) in [5.74, 6) is 0.186. The summed E-state index contributed by atoms with van der Waals surface area (Å²) < 4.78 is 10.7. The van der Waals surface area contributed by atoms with Crippen LogP contribution in [0.5, 0.6) is 11.5 Å². The fourth-order valence-corrected chi connectivity index (χ4v) is 3.33. The molecule has 1 heterocycles. The molecule has 2 aromatic carbocycles. The third kappa shape index (κ3) is 4.93. The van der Waals surface area contributed by atoms with Crippen LogP contribution in [-0.4, -0.2) is 41.9 Å². The molecule has 1 amide bonds. The Kier molecular flexibility index (Phi) is 6.49. The SMILES string of the molecule is COc1cc(OC)cc(C2=NN(C(=O)CCCC(=O)O)[C@@H](c3ccccc3)C2)c1. The number of carbonyl (C=O) groups is 2. The lowest BCUT2D eigenvalue weighted by Gasteiger charge is -2.22. The fourth-order valence-electron chi connectivity index (χ4n) is 3.33. The summed E-state index contributed by atoms with van der Waals surface area (Å²) in [7, 11) is 3.17. The van der Waals surface area contributed by atoms with E-state index in [0.717, 1.165) is 16.8 Å². The van der Waals surface area contributed by atoms with Gasteiger partial charge in [0.2, 0.25) is 5.91 Å². The Morgan fingerprint density at radius 1 is 1.07 bits per heavy atom. The quantitative estimate of drug-likeness (QED) is 0.736. The average Bonchev–Trinajstić information content (AvgIpc) is 3.19. The van der Waals surface area contributed by atoms with E-state index in [1.807, 2.05) is 42.5 Å². The number of methoxy groups -OCH3 is 2. The Morgan fingerprint density at radius 3 is 2.31 bits per heavy atom. The molecule has 3 rings (SSSR count). The van der Waals surface area contributed by atoms with Crippen LogP contribution in [0.4, 0.5) is 0 Å². The van der Waals surface area contributed by atoms with E-state index < -0.39 is 5.97 Å². The van der Waals surface area contributed by atoms with Crippen molar-refractivity contribution in [1.82, 2.24) is 5.01 Å². The van der Waals surface area contributed by atoms with Gasteiger partial charge >= 0.3 is 5.97 Å². The number of carboxylic acids is 1. The maximum Gasteiger partial charge on any atom is 0.303 e. The molecule has 1 aliphatic rings. The normalized spacial score (nSPS) is 15.7. The monoisotopic (exact) mass is 396 g/mol. The largest absolute Gasteiger partial charge is 0.497 e. The second kappa shape index (κ2) is 9.23. The highest BCUT2D eigenvalue weighted by Gasteiger charge is 2.33. The molecule has 0 fully saturated rings. The highest BCUT2D eigenvalue weighted by atomic mass is 16.5. The van der Waals surface area contributed by atoms with E-state index in [0.29, 0.717) is 17.9 Å².